The van der Waals surface area contributed by atoms with Gasteiger partial charge in [0.05, 0.1) is 24.3 Å². The van der Waals surface area contributed by atoms with Crippen LogP contribution in [0.3, 0.4) is 0 Å². The molecule has 8 heteroatoms. The van der Waals surface area contributed by atoms with E-state index in [0.717, 1.165) is 12.4 Å². The van der Waals surface area contributed by atoms with Gasteiger partial charge >= 0.3 is 5.69 Å². The maximum Gasteiger partial charge on any atom is 0.307 e. The number of nitrogens with zero attached hydrogens (tertiary/aromatic N) is 4. The zero-order chi connectivity index (χ0) is 14.0. The van der Waals surface area contributed by atoms with Crippen molar-refractivity contribution in [3.8, 4) is 5.88 Å². The molecule has 1 atom stereocenters. The predicted octanol–water partition coefficient (Wildman–Crippen LogP) is 1.94. The van der Waals surface area contributed by atoms with Crippen LogP contribution in [0.1, 0.15) is 18.5 Å². The second-order valence-corrected chi connectivity index (χ2v) is 3.86. The maximum absolute atomic E-state index is 13.2. The first-order valence-corrected chi connectivity index (χ1v) is 5.41. The molecule has 0 radical (unpaired) electrons. The minimum absolute atomic E-state index is 0.129. The highest BCUT2D eigenvalue weighted by atomic mass is 19.1. The van der Waals surface area contributed by atoms with E-state index < -0.39 is 16.8 Å². The van der Waals surface area contributed by atoms with E-state index in [0.29, 0.717) is 5.56 Å². The zero-order valence-electron chi connectivity index (χ0n) is 10.3. The minimum Gasteiger partial charge on any atom is -0.481 e. The number of nitro groups is 1. The maximum atomic E-state index is 13.2. The van der Waals surface area contributed by atoms with Gasteiger partial charge in [-0.25, -0.2) is 9.37 Å². The lowest BCUT2D eigenvalue weighted by molar-refractivity contribution is -0.385. The summed E-state index contributed by atoms with van der Waals surface area (Å²) in [5, 5.41) is 14.5. The van der Waals surface area contributed by atoms with E-state index in [9.17, 15) is 14.5 Å². The van der Waals surface area contributed by atoms with Crippen LogP contribution in [0.4, 0.5) is 10.1 Å². The van der Waals surface area contributed by atoms with Crippen molar-refractivity contribution in [1.82, 2.24) is 14.8 Å². The molecule has 19 heavy (non-hydrogen) atoms. The summed E-state index contributed by atoms with van der Waals surface area (Å²) in [6, 6.07) is 0.830. The lowest BCUT2D eigenvalue weighted by Crippen LogP contribution is -2.10. The Morgan fingerprint density at radius 1 is 1.53 bits per heavy atom. The Balaban J connectivity index is 2.39. The Kier molecular flexibility index (Phi) is 3.41. The van der Waals surface area contributed by atoms with E-state index in [1.807, 2.05) is 0 Å². The molecule has 0 bridgehead atoms. The molecule has 0 spiro atoms. The molecular formula is C11H11FN4O3. The van der Waals surface area contributed by atoms with E-state index in [1.165, 1.54) is 24.1 Å². The molecule has 0 amide bonds. The molecule has 0 aliphatic heterocycles. The van der Waals surface area contributed by atoms with Crippen LogP contribution in [0.2, 0.25) is 0 Å². The molecule has 0 aliphatic rings. The lowest BCUT2D eigenvalue weighted by atomic mass is 10.1. The van der Waals surface area contributed by atoms with E-state index in [2.05, 4.69) is 10.1 Å². The first kappa shape index (κ1) is 12.9. The fourth-order valence-electron chi connectivity index (χ4n) is 1.69. The molecule has 2 rings (SSSR count). The summed E-state index contributed by atoms with van der Waals surface area (Å²) >= 11 is 0. The van der Waals surface area contributed by atoms with Gasteiger partial charge < -0.3 is 4.74 Å². The lowest BCUT2D eigenvalue weighted by Gasteiger charge is -2.14. The van der Waals surface area contributed by atoms with Crippen LogP contribution in [-0.4, -0.2) is 26.8 Å². The summed E-state index contributed by atoms with van der Waals surface area (Å²) < 4.78 is 19.6. The van der Waals surface area contributed by atoms with E-state index in [4.69, 9.17) is 4.74 Å². The Labute approximate surface area is 107 Å². The van der Waals surface area contributed by atoms with Crippen molar-refractivity contribution in [2.24, 2.45) is 0 Å². The first-order chi connectivity index (χ1) is 9.02. The molecule has 0 fully saturated rings. The van der Waals surface area contributed by atoms with Gasteiger partial charge in [0.25, 0.3) is 0 Å². The quantitative estimate of drug-likeness (QED) is 0.623. The highest BCUT2D eigenvalue weighted by molar-refractivity contribution is 5.31. The molecule has 2 aromatic heterocycles. The standard InChI is InChI=1S/C11H11FN4O3/c1-7(15-6-9(5-14-15)16(17)18)10-3-8(12)4-13-11(10)19-2/h3-7H,1-2H3/t7-/m0/s1. The molecule has 0 saturated carbocycles. The van der Waals surface area contributed by atoms with Crippen LogP contribution in [-0.2, 0) is 0 Å². The van der Waals surface area contributed by atoms with E-state index >= 15 is 0 Å². The summed E-state index contributed by atoms with van der Waals surface area (Å²) in [5.41, 5.74) is 0.329. The molecule has 0 N–H and O–H groups in total. The molecule has 2 heterocycles. The van der Waals surface area contributed by atoms with Gasteiger partial charge in [0.15, 0.2) is 0 Å². The normalized spacial score (nSPS) is 12.2. The molecule has 0 aliphatic carbocycles. The topological polar surface area (TPSA) is 83.1 Å². The van der Waals surface area contributed by atoms with Gasteiger partial charge in [0.1, 0.15) is 18.2 Å². The summed E-state index contributed by atoms with van der Waals surface area (Å²) in [7, 11) is 1.42. The van der Waals surface area contributed by atoms with Crippen LogP contribution in [0, 0.1) is 15.9 Å². The van der Waals surface area contributed by atoms with Gasteiger partial charge in [0, 0.05) is 5.56 Å². The van der Waals surface area contributed by atoms with E-state index in [-0.39, 0.29) is 11.6 Å². The van der Waals surface area contributed by atoms with Crippen molar-refractivity contribution in [3.63, 3.8) is 0 Å². The average molecular weight is 266 g/mol. The second kappa shape index (κ2) is 5.01. The molecule has 100 valence electrons. The van der Waals surface area contributed by atoms with Gasteiger partial charge in [-0.05, 0) is 13.0 Å². The van der Waals surface area contributed by atoms with Gasteiger partial charge in [-0.1, -0.05) is 0 Å². The van der Waals surface area contributed by atoms with Crippen molar-refractivity contribution in [2.45, 2.75) is 13.0 Å². The van der Waals surface area contributed by atoms with Crippen LogP contribution < -0.4 is 4.74 Å². The van der Waals surface area contributed by atoms with Crippen molar-refractivity contribution in [3.05, 3.63) is 46.2 Å². The SMILES string of the molecule is COc1ncc(F)cc1[C@H](C)n1cc([N+](=O)[O-])cn1. The van der Waals surface area contributed by atoms with Gasteiger partial charge in [-0.15, -0.1) is 0 Å². The third-order valence-corrected chi connectivity index (χ3v) is 2.68. The summed E-state index contributed by atoms with van der Waals surface area (Å²) in [4.78, 5) is 13.9. The highest BCUT2D eigenvalue weighted by Crippen LogP contribution is 2.27. The molecule has 0 saturated heterocycles. The number of aromatic nitrogens is 3. The van der Waals surface area contributed by atoms with Crippen LogP contribution >= 0.6 is 0 Å². The number of rotatable bonds is 4. The Bertz CT molecular complexity index is 614. The third-order valence-electron chi connectivity index (χ3n) is 2.68. The second-order valence-electron chi connectivity index (χ2n) is 3.86. The van der Waals surface area contributed by atoms with Gasteiger partial charge in [0.2, 0.25) is 5.88 Å². The number of halogens is 1. The average Bonchev–Trinajstić information content (AvgIpc) is 2.87. The first-order valence-electron chi connectivity index (χ1n) is 5.41. The Morgan fingerprint density at radius 3 is 2.84 bits per heavy atom. The molecule has 0 aromatic carbocycles. The largest absolute Gasteiger partial charge is 0.481 e. The van der Waals surface area contributed by atoms with Gasteiger partial charge in [-0.3, -0.25) is 14.8 Å². The van der Waals surface area contributed by atoms with Crippen LogP contribution in [0.15, 0.2) is 24.7 Å². The predicted molar refractivity (Wildman–Crippen MR) is 63.4 cm³/mol. The Morgan fingerprint density at radius 2 is 2.26 bits per heavy atom. The fraction of sp³-hybridized carbons (Fsp3) is 0.273. The summed E-state index contributed by atoms with van der Waals surface area (Å²) in [5.74, 6) is -0.253. The van der Waals surface area contributed by atoms with Crippen LogP contribution in [0.5, 0.6) is 5.88 Å². The van der Waals surface area contributed by atoms with Crippen molar-refractivity contribution >= 4 is 5.69 Å². The molecular weight excluding hydrogens is 255 g/mol. The fourth-order valence-corrected chi connectivity index (χ4v) is 1.69. The zero-order valence-corrected chi connectivity index (χ0v) is 10.3. The number of ether oxygens (including phenoxy) is 1. The third kappa shape index (κ3) is 2.51. The number of pyridine rings is 1. The van der Waals surface area contributed by atoms with Crippen molar-refractivity contribution in [2.75, 3.05) is 7.11 Å². The van der Waals surface area contributed by atoms with Crippen LogP contribution in [0.25, 0.3) is 0 Å². The molecule has 0 unspecified atom stereocenters. The smallest absolute Gasteiger partial charge is 0.307 e. The van der Waals surface area contributed by atoms with Crippen molar-refractivity contribution < 1.29 is 14.1 Å². The minimum atomic E-state index is -0.544. The summed E-state index contributed by atoms with van der Waals surface area (Å²) in [6.07, 6.45) is 3.45. The van der Waals surface area contributed by atoms with Crippen molar-refractivity contribution in [1.29, 1.82) is 0 Å². The Hall–Kier alpha value is -2.51. The number of hydrogen-bond donors (Lipinski definition) is 0. The number of hydrogen-bond acceptors (Lipinski definition) is 5. The molecule has 2 aromatic rings. The summed E-state index contributed by atoms with van der Waals surface area (Å²) in [6.45, 7) is 1.72. The van der Waals surface area contributed by atoms with Gasteiger partial charge in [-0.2, -0.15) is 5.10 Å². The molecule has 7 nitrogen and oxygen atoms in total. The highest BCUT2D eigenvalue weighted by Gasteiger charge is 2.19. The van der Waals surface area contributed by atoms with E-state index in [1.54, 1.807) is 6.92 Å². The number of methoxy groups -OCH3 is 1. The monoisotopic (exact) mass is 266 g/mol.